The van der Waals surface area contributed by atoms with Gasteiger partial charge in [-0.15, -0.1) is 0 Å². The van der Waals surface area contributed by atoms with Crippen LogP contribution >= 0.6 is 12.2 Å². The Morgan fingerprint density at radius 1 is 1.50 bits per heavy atom. The van der Waals surface area contributed by atoms with Crippen LogP contribution in [0.15, 0.2) is 24.3 Å². The van der Waals surface area contributed by atoms with Crippen LogP contribution in [-0.4, -0.2) is 5.11 Å². The van der Waals surface area contributed by atoms with Crippen molar-refractivity contribution in [3.05, 3.63) is 29.8 Å². The molecule has 0 bridgehead atoms. The maximum absolute atomic E-state index is 8.28. The Hall–Kier alpha value is -0.600. The molecule has 3 nitrogen and oxygen atoms in total. The van der Waals surface area contributed by atoms with Crippen LogP contribution in [0.3, 0.4) is 0 Å². The zero-order chi connectivity index (χ0) is 9.68. The molecule has 0 amide bonds. The molecule has 0 unspecified atom stereocenters. The Labute approximate surface area is 111 Å². The Morgan fingerprint density at radius 2 is 2.21 bits per heavy atom. The summed E-state index contributed by atoms with van der Waals surface area (Å²) in [4.78, 5) is 0. The molecule has 1 aromatic carbocycles. The summed E-state index contributed by atoms with van der Waals surface area (Å²) >= 11 is 4.83. The maximum Gasteiger partial charge on any atom is 1.00 e. The third-order valence-corrected chi connectivity index (χ3v) is 1.65. The number of nitriles is 1. The number of rotatable bonds is 1. The first-order valence-electron chi connectivity index (χ1n) is 3.75. The number of hydrogen-bond donors (Lipinski definition) is 2. The van der Waals surface area contributed by atoms with Crippen molar-refractivity contribution in [2.45, 2.75) is 6.92 Å². The van der Waals surface area contributed by atoms with Gasteiger partial charge in [-0.2, -0.15) is 5.26 Å². The first kappa shape index (κ1) is 13.4. The van der Waals surface area contributed by atoms with Crippen molar-refractivity contribution in [1.29, 1.82) is 5.26 Å². The van der Waals surface area contributed by atoms with E-state index < -0.39 is 0 Å². The standard InChI is InChI=1S/C9H9N3S.Na/c1-7-3-2-4-8(5-7)12-9(13)11-6-10;/h2-5H,1H3,(H2,11,12,13);/q;+1. The molecule has 0 saturated heterocycles. The van der Waals surface area contributed by atoms with Gasteiger partial charge in [-0.05, 0) is 36.8 Å². The number of aryl methyl sites for hydroxylation is 1. The molecular weight excluding hydrogens is 205 g/mol. The van der Waals surface area contributed by atoms with E-state index in [1.54, 1.807) is 6.19 Å². The SMILES string of the molecule is Cc1cccc(NC(=S)NC#N)c1.[Na+]. The molecule has 1 rings (SSSR count). The predicted molar refractivity (Wildman–Crippen MR) is 56.1 cm³/mol. The van der Waals surface area contributed by atoms with Crippen molar-refractivity contribution in [3.8, 4) is 6.19 Å². The molecule has 5 heteroatoms. The molecule has 0 aromatic heterocycles. The largest absolute Gasteiger partial charge is 1.00 e. The Bertz CT molecular complexity index is 359. The summed E-state index contributed by atoms with van der Waals surface area (Å²) in [6.07, 6.45) is 1.75. The minimum Gasteiger partial charge on any atom is -0.332 e. The third kappa shape index (κ3) is 4.58. The molecular formula is C9H9N3NaS+. The monoisotopic (exact) mass is 214 g/mol. The number of thiocarbonyl (C=S) groups is 1. The molecule has 0 saturated carbocycles. The van der Waals surface area contributed by atoms with E-state index in [1.807, 2.05) is 31.2 Å². The van der Waals surface area contributed by atoms with Crippen molar-refractivity contribution < 1.29 is 29.6 Å². The summed E-state index contributed by atoms with van der Waals surface area (Å²) in [6, 6.07) is 7.75. The summed E-state index contributed by atoms with van der Waals surface area (Å²) in [5.74, 6) is 0. The van der Waals surface area contributed by atoms with Crippen molar-refractivity contribution in [1.82, 2.24) is 5.32 Å². The summed E-state index contributed by atoms with van der Waals surface area (Å²) in [6.45, 7) is 1.99. The van der Waals surface area contributed by atoms with Gasteiger partial charge in [-0.25, -0.2) is 0 Å². The summed E-state index contributed by atoms with van der Waals surface area (Å²) in [5, 5.41) is 13.8. The molecule has 0 aliphatic carbocycles. The molecule has 66 valence electrons. The van der Waals surface area contributed by atoms with Gasteiger partial charge in [-0.1, -0.05) is 12.1 Å². The number of hydrogen-bond acceptors (Lipinski definition) is 2. The van der Waals surface area contributed by atoms with Gasteiger partial charge in [0.2, 0.25) is 0 Å². The fourth-order valence-corrected chi connectivity index (χ4v) is 1.10. The molecule has 0 aliphatic heterocycles. The summed E-state index contributed by atoms with van der Waals surface area (Å²) in [7, 11) is 0. The molecule has 0 fully saturated rings. The van der Waals surface area contributed by atoms with Crippen LogP contribution in [0.2, 0.25) is 0 Å². The van der Waals surface area contributed by atoms with Gasteiger partial charge in [-0.3, -0.25) is 5.32 Å². The zero-order valence-corrected chi connectivity index (χ0v) is 11.0. The Kier molecular flexibility index (Phi) is 6.50. The fraction of sp³-hybridized carbons (Fsp3) is 0.111. The quantitative estimate of drug-likeness (QED) is 0.266. The summed E-state index contributed by atoms with van der Waals surface area (Å²) in [5.41, 5.74) is 2.03. The maximum atomic E-state index is 8.28. The van der Waals surface area contributed by atoms with Crippen molar-refractivity contribution >= 4 is 23.0 Å². The average molecular weight is 214 g/mol. The Morgan fingerprint density at radius 3 is 2.79 bits per heavy atom. The fourth-order valence-electron chi connectivity index (χ4n) is 0.936. The minimum atomic E-state index is 0. The van der Waals surface area contributed by atoms with E-state index in [0.29, 0.717) is 5.11 Å². The normalized spacial score (nSPS) is 8.00. The molecule has 0 aliphatic rings. The second-order valence-corrected chi connectivity index (χ2v) is 2.97. The van der Waals surface area contributed by atoms with Gasteiger partial charge in [0.1, 0.15) is 0 Å². The number of anilines is 1. The first-order valence-corrected chi connectivity index (χ1v) is 4.16. The topological polar surface area (TPSA) is 47.8 Å². The smallest absolute Gasteiger partial charge is 0.332 e. The minimum absolute atomic E-state index is 0. The van der Waals surface area contributed by atoms with E-state index in [9.17, 15) is 0 Å². The molecule has 0 radical (unpaired) electrons. The van der Waals surface area contributed by atoms with Gasteiger partial charge in [0.25, 0.3) is 0 Å². The van der Waals surface area contributed by atoms with Crippen molar-refractivity contribution in [2.24, 2.45) is 0 Å². The van der Waals surface area contributed by atoms with Crippen LogP contribution in [-0.2, 0) is 0 Å². The van der Waals surface area contributed by atoms with Crippen LogP contribution in [0, 0.1) is 18.4 Å². The molecule has 14 heavy (non-hydrogen) atoms. The predicted octanol–water partition coefficient (Wildman–Crippen LogP) is -1.23. The number of benzene rings is 1. The zero-order valence-electron chi connectivity index (χ0n) is 8.16. The van der Waals surface area contributed by atoms with Crippen LogP contribution in [0.5, 0.6) is 0 Å². The van der Waals surface area contributed by atoms with E-state index in [1.165, 1.54) is 0 Å². The first-order chi connectivity index (χ1) is 6.22. The van der Waals surface area contributed by atoms with Crippen LogP contribution < -0.4 is 40.2 Å². The second-order valence-electron chi connectivity index (χ2n) is 2.56. The van der Waals surface area contributed by atoms with Crippen molar-refractivity contribution in [2.75, 3.05) is 5.32 Å². The third-order valence-electron chi connectivity index (χ3n) is 1.45. The van der Waals surface area contributed by atoms with Crippen molar-refractivity contribution in [3.63, 3.8) is 0 Å². The molecule has 0 atom stereocenters. The van der Waals surface area contributed by atoms with Gasteiger partial charge < -0.3 is 5.32 Å². The average Bonchev–Trinajstić information content (AvgIpc) is 2.04. The summed E-state index contributed by atoms with van der Waals surface area (Å²) < 4.78 is 0. The second kappa shape index (κ2) is 6.80. The number of nitrogens with zero attached hydrogens (tertiary/aromatic N) is 1. The van der Waals surface area contributed by atoms with E-state index in [4.69, 9.17) is 17.5 Å². The van der Waals surface area contributed by atoms with E-state index in [-0.39, 0.29) is 29.6 Å². The van der Waals surface area contributed by atoms with Crippen LogP contribution in [0.4, 0.5) is 5.69 Å². The van der Waals surface area contributed by atoms with E-state index >= 15 is 0 Å². The van der Waals surface area contributed by atoms with E-state index in [2.05, 4.69) is 10.6 Å². The van der Waals surface area contributed by atoms with Crippen LogP contribution in [0.25, 0.3) is 0 Å². The Balaban J connectivity index is 0.00000169. The van der Waals surface area contributed by atoms with Crippen LogP contribution in [0.1, 0.15) is 5.56 Å². The van der Waals surface area contributed by atoms with Gasteiger partial charge in [0, 0.05) is 5.69 Å². The molecule has 0 heterocycles. The van der Waals surface area contributed by atoms with E-state index in [0.717, 1.165) is 11.3 Å². The van der Waals surface area contributed by atoms with Gasteiger partial charge in [0.05, 0.1) is 0 Å². The molecule has 0 spiro atoms. The van der Waals surface area contributed by atoms with Gasteiger partial charge in [0.15, 0.2) is 11.3 Å². The number of nitrogens with one attached hydrogen (secondary N) is 2. The molecule has 2 N–H and O–H groups in total. The molecule has 1 aromatic rings. The van der Waals surface area contributed by atoms with Gasteiger partial charge >= 0.3 is 29.6 Å².